The Balaban J connectivity index is 1.50. The number of nitrogens with zero attached hydrogens (tertiary/aromatic N) is 3. The zero-order valence-corrected chi connectivity index (χ0v) is 22.3. The summed E-state index contributed by atoms with van der Waals surface area (Å²) in [6, 6.07) is 11.2. The Kier molecular flexibility index (Phi) is 8.84. The Morgan fingerprint density at radius 2 is 1.92 bits per heavy atom. The van der Waals surface area contributed by atoms with Gasteiger partial charge in [-0.1, -0.05) is 38.1 Å². The maximum Gasteiger partial charge on any atom is 0.250 e. The molecule has 3 aromatic rings. The summed E-state index contributed by atoms with van der Waals surface area (Å²) >= 11 is 0. The Labute approximate surface area is 223 Å². The summed E-state index contributed by atoms with van der Waals surface area (Å²) in [5, 5.41) is 3.40. The molecule has 0 bridgehead atoms. The average Bonchev–Trinajstić information content (AvgIpc) is 3.34. The summed E-state index contributed by atoms with van der Waals surface area (Å²) in [6.07, 6.45) is 7.82. The number of aromatic nitrogens is 3. The SMILES string of the molecule is CCC(CC)n1cc(-c2cnc(C)c(C(=O)C=C(N)c3ccc(CN[C@@H]4CCC(F)C4)cc3)n2)ccc1=O. The molecule has 4 rings (SSSR count). The van der Waals surface area contributed by atoms with Gasteiger partial charge in [0.25, 0.3) is 5.56 Å². The van der Waals surface area contributed by atoms with Gasteiger partial charge in [-0.25, -0.2) is 9.37 Å². The van der Waals surface area contributed by atoms with Crippen LogP contribution in [0, 0.1) is 6.92 Å². The average molecular weight is 518 g/mol. The summed E-state index contributed by atoms with van der Waals surface area (Å²) in [6.45, 7) is 6.49. The first-order valence-corrected chi connectivity index (χ1v) is 13.3. The first kappa shape index (κ1) is 27.4. The van der Waals surface area contributed by atoms with Crippen LogP contribution < -0.4 is 16.6 Å². The minimum Gasteiger partial charge on any atom is -0.398 e. The highest BCUT2D eigenvalue weighted by molar-refractivity contribution is 6.07. The number of hydrogen-bond donors (Lipinski definition) is 2. The lowest BCUT2D eigenvalue weighted by atomic mass is 10.1. The smallest absolute Gasteiger partial charge is 0.250 e. The van der Waals surface area contributed by atoms with Gasteiger partial charge >= 0.3 is 0 Å². The van der Waals surface area contributed by atoms with E-state index in [1.54, 1.807) is 30.0 Å². The fourth-order valence-corrected chi connectivity index (χ4v) is 4.93. The fourth-order valence-electron chi connectivity index (χ4n) is 4.93. The molecule has 1 aromatic carbocycles. The van der Waals surface area contributed by atoms with Gasteiger partial charge < -0.3 is 15.6 Å². The number of carbonyl (C=O) groups excluding carboxylic acids is 1. The highest BCUT2D eigenvalue weighted by Crippen LogP contribution is 2.23. The number of rotatable bonds is 10. The largest absolute Gasteiger partial charge is 0.398 e. The van der Waals surface area contributed by atoms with Crippen molar-refractivity contribution in [1.82, 2.24) is 19.9 Å². The van der Waals surface area contributed by atoms with Gasteiger partial charge in [0.2, 0.25) is 5.78 Å². The van der Waals surface area contributed by atoms with E-state index in [1.165, 1.54) is 12.1 Å². The van der Waals surface area contributed by atoms with Crippen LogP contribution in [0.2, 0.25) is 0 Å². The van der Waals surface area contributed by atoms with Crippen LogP contribution in [0.4, 0.5) is 4.39 Å². The lowest BCUT2D eigenvalue weighted by molar-refractivity contribution is 0.104. The van der Waals surface area contributed by atoms with E-state index >= 15 is 0 Å². The number of halogens is 1. The molecule has 200 valence electrons. The van der Waals surface area contributed by atoms with Crippen LogP contribution in [0.15, 0.2) is 59.7 Å². The number of nitrogens with one attached hydrogen (secondary N) is 1. The second-order valence-corrected chi connectivity index (χ2v) is 9.97. The molecule has 0 saturated heterocycles. The van der Waals surface area contributed by atoms with Crippen molar-refractivity contribution in [2.45, 2.75) is 77.7 Å². The molecule has 0 amide bonds. The van der Waals surface area contributed by atoms with Gasteiger partial charge in [0.1, 0.15) is 11.9 Å². The number of pyridine rings is 1. The standard InChI is InChI=1S/C30H36FN5O2/c1-4-25(5-2)36-18-22(10-13-29(36)38)27-17-33-19(3)30(35-27)28(37)15-26(32)21-8-6-20(7-9-21)16-34-24-12-11-23(31)14-24/h6-10,13,15,17-18,23-25,34H,4-5,11-12,14,16,32H2,1-3H3/t23?,24-/m1/s1. The monoisotopic (exact) mass is 517 g/mol. The van der Waals surface area contributed by atoms with Crippen molar-refractivity contribution in [1.29, 1.82) is 0 Å². The molecule has 0 radical (unpaired) electrons. The summed E-state index contributed by atoms with van der Waals surface area (Å²) < 4.78 is 15.1. The predicted octanol–water partition coefficient (Wildman–Crippen LogP) is 5.14. The molecule has 2 heterocycles. The van der Waals surface area contributed by atoms with E-state index in [0.717, 1.165) is 36.0 Å². The van der Waals surface area contributed by atoms with Gasteiger partial charge in [0, 0.05) is 48.2 Å². The van der Waals surface area contributed by atoms with E-state index in [0.29, 0.717) is 36.5 Å². The van der Waals surface area contributed by atoms with Crippen molar-refractivity contribution in [2.75, 3.05) is 0 Å². The van der Waals surface area contributed by atoms with E-state index in [-0.39, 0.29) is 29.1 Å². The zero-order valence-electron chi connectivity index (χ0n) is 22.3. The molecule has 1 fully saturated rings. The van der Waals surface area contributed by atoms with Crippen molar-refractivity contribution < 1.29 is 9.18 Å². The van der Waals surface area contributed by atoms with Gasteiger partial charge in [-0.15, -0.1) is 0 Å². The molecule has 2 atom stereocenters. The number of nitrogens with two attached hydrogens (primary N) is 1. The highest BCUT2D eigenvalue weighted by atomic mass is 19.1. The third-order valence-corrected chi connectivity index (χ3v) is 7.30. The van der Waals surface area contributed by atoms with Crippen LogP contribution in [0.25, 0.3) is 17.0 Å². The van der Waals surface area contributed by atoms with Crippen LogP contribution in [0.5, 0.6) is 0 Å². The summed E-state index contributed by atoms with van der Waals surface area (Å²) in [7, 11) is 0. The normalized spacial score (nSPS) is 17.8. The number of hydrogen-bond acceptors (Lipinski definition) is 6. The highest BCUT2D eigenvalue weighted by Gasteiger charge is 2.23. The van der Waals surface area contributed by atoms with Gasteiger partial charge in [0.05, 0.1) is 17.6 Å². The van der Waals surface area contributed by atoms with E-state index in [1.807, 2.05) is 24.3 Å². The van der Waals surface area contributed by atoms with Gasteiger partial charge in [-0.05, 0) is 56.2 Å². The molecule has 0 aliphatic heterocycles. The lowest BCUT2D eigenvalue weighted by Crippen LogP contribution is -2.26. The summed E-state index contributed by atoms with van der Waals surface area (Å²) in [5.74, 6) is -0.338. The minimum absolute atomic E-state index is 0.0664. The van der Waals surface area contributed by atoms with Gasteiger partial charge in [-0.2, -0.15) is 0 Å². The van der Waals surface area contributed by atoms with E-state index in [4.69, 9.17) is 5.73 Å². The number of aryl methyl sites for hydroxylation is 1. The Morgan fingerprint density at radius 1 is 1.18 bits per heavy atom. The number of allylic oxidation sites excluding steroid dienone is 1. The zero-order chi connectivity index (χ0) is 27.2. The molecule has 1 aliphatic carbocycles. The topological polar surface area (TPSA) is 103 Å². The molecule has 8 heteroatoms. The van der Waals surface area contributed by atoms with Crippen LogP contribution in [0.1, 0.15) is 79.3 Å². The van der Waals surface area contributed by atoms with Crippen LogP contribution in [0.3, 0.4) is 0 Å². The number of carbonyl (C=O) groups is 1. The molecule has 1 unspecified atom stereocenters. The van der Waals surface area contributed by atoms with Gasteiger partial charge in [0.15, 0.2) is 0 Å². The fraction of sp³-hybridized carbons (Fsp3) is 0.400. The first-order valence-electron chi connectivity index (χ1n) is 13.3. The van der Waals surface area contributed by atoms with Crippen LogP contribution >= 0.6 is 0 Å². The molecule has 2 aromatic heterocycles. The molecular formula is C30H36FN5O2. The van der Waals surface area contributed by atoms with Crippen molar-refractivity contribution >= 4 is 11.5 Å². The maximum atomic E-state index is 13.4. The molecule has 0 spiro atoms. The maximum absolute atomic E-state index is 13.4. The Hall–Kier alpha value is -3.65. The minimum atomic E-state index is -0.699. The van der Waals surface area contributed by atoms with Crippen molar-refractivity contribution in [3.05, 3.63) is 87.7 Å². The van der Waals surface area contributed by atoms with Crippen LogP contribution in [-0.2, 0) is 6.54 Å². The number of ketones is 1. The molecular weight excluding hydrogens is 481 g/mol. The number of benzene rings is 1. The lowest BCUT2D eigenvalue weighted by Gasteiger charge is -2.17. The predicted molar refractivity (Wildman–Crippen MR) is 148 cm³/mol. The van der Waals surface area contributed by atoms with Crippen LogP contribution in [-0.4, -0.2) is 32.5 Å². The molecule has 7 nitrogen and oxygen atoms in total. The Bertz CT molecular complexity index is 1360. The molecule has 1 aliphatic rings. The molecule has 3 N–H and O–H groups in total. The van der Waals surface area contributed by atoms with Crippen molar-refractivity contribution in [3.8, 4) is 11.3 Å². The third-order valence-electron chi connectivity index (χ3n) is 7.30. The van der Waals surface area contributed by atoms with Gasteiger partial charge in [-0.3, -0.25) is 14.6 Å². The van der Waals surface area contributed by atoms with E-state index in [2.05, 4.69) is 29.1 Å². The quantitative estimate of drug-likeness (QED) is 0.285. The van der Waals surface area contributed by atoms with E-state index < -0.39 is 6.17 Å². The summed E-state index contributed by atoms with van der Waals surface area (Å²) in [5.41, 5.74) is 10.3. The second kappa shape index (κ2) is 12.3. The molecule has 38 heavy (non-hydrogen) atoms. The third kappa shape index (κ3) is 6.42. The molecule has 1 saturated carbocycles. The first-order chi connectivity index (χ1) is 18.3. The number of alkyl halides is 1. The summed E-state index contributed by atoms with van der Waals surface area (Å²) in [4.78, 5) is 34.5. The van der Waals surface area contributed by atoms with Crippen molar-refractivity contribution in [3.63, 3.8) is 0 Å². The second-order valence-electron chi connectivity index (χ2n) is 9.97. The van der Waals surface area contributed by atoms with E-state index in [9.17, 15) is 14.0 Å². The van der Waals surface area contributed by atoms with Crippen molar-refractivity contribution in [2.24, 2.45) is 5.73 Å². The Morgan fingerprint density at radius 3 is 2.58 bits per heavy atom.